The maximum absolute atomic E-state index is 12.6. The summed E-state index contributed by atoms with van der Waals surface area (Å²) in [7, 11) is 0. The molecule has 0 radical (unpaired) electrons. The fourth-order valence-electron chi connectivity index (χ4n) is 2.38. The van der Waals surface area contributed by atoms with Gasteiger partial charge >= 0.3 is 6.18 Å². The van der Waals surface area contributed by atoms with Crippen LogP contribution in [0.3, 0.4) is 0 Å². The molecule has 10 heteroatoms. The van der Waals surface area contributed by atoms with Crippen molar-refractivity contribution in [3.63, 3.8) is 0 Å². The van der Waals surface area contributed by atoms with Crippen LogP contribution in [0.4, 0.5) is 24.8 Å². The minimum atomic E-state index is -4.39. The summed E-state index contributed by atoms with van der Waals surface area (Å²) in [6, 6.07) is 9.43. The van der Waals surface area contributed by atoms with Crippen molar-refractivity contribution in [2.24, 2.45) is 5.73 Å². The monoisotopic (exact) mass is 378 g/mol. The van der Waals surface area contributed by atoms with Gasteiger partial charge in [0, 0.05) is 12.2 Å². The molecule has 0 fully saturated rings. The largest absolute Gasteiger partial charge is 0.416 e. The molecule has 0 spiro atoms. The van der Waals surface area contributed by atoms with Gasteiger partial charge in [-0.2, -0.15) is 18.2 Å². The number of alkyl halides is 3. The lowest BCUT2D eigenvalue weighted by Gasteiger charge is -2.10. The average Bonchev–Trinajstić information content (AvgIpc) is 3.02. The molecule has 3 aromatic rings. The lowest BCUT2D eigenvalue weighted by atomic mass is 10.2. The zero-order valence-electron chi connectivity index (χ0n) is 14.3. The molecule has 2 heterocycles. The number of benzene rings is 1. The fourth-order valence-corrected chi connectivity index (χ4v) is 2.38. The number of anilines is 2. The topological polar surface area (TPSA) is 97.3 Å². The standard InChI is InChI=1S/C17H17F3N6O/c1-10(15(21)27)22-9-13-3-2-4-14-24-16(25-26(13)14)23-12-7-5-11(6-8-12)17(18,19)20/h2-8,10,22H,9H2,1H3,(H2,21,27)(H,23,25). The van der Waals surface area contributed by atoms with E-state index in [2.05, 4.69) is 20.7 Å². The number of hydrogen-bond donors (Lipinski definition) is 3. The molecule has 0 aliphatic heterocycles. The maximum atomic E-state index is 12.6. The van der Waals surface area contributed by atoms with Gasteiger partial charge in [-0.1, -0.05) is 6.07 Å². The Morgan fingerprint density at radius 3 is 2.56 bits per heavy atom. The fraction of sp³-hybridized carbons (Fsp3) is 0.235. The Hall–Kier alpha value is -3.14. The van der Waals surface area contributed by atoms with Crippen molar-refractivity contribution in [2.75, 3.05) is 5.32 Å². The van der Waals surface area contributed by atoms with Crippen molar-refractivity contribution in [2.45, 2.75) is 25.7 Å². The molecule has 0 saturated heterocycles. The van der Waals surface area contributed by atoms with Gasteiger partial charge in [-0.05, 0) is 43.3 Å². The Morgan fingerprint density at radius 2 is 1.93 bits per heavy atom. The van der Waals surface area contributed by atoms with Crippen LogP contribution < -0.4 is 16.4 Å². The van der Waals surface area contributed by atoms with Gasteiger partial charge in [0.1, 0.15) is 0 Å². The van der Waals surface area contributed by atoms with Crippen LogP contribution in [0.15, 0.2) is 42.5 Å². The lowest BCUT2D eigenvalue weighted by Crippen LogP contribution is -2.38. The number of nitrogens with one attached hydrogen (secondary N) is 2. The highest BCUT2D eigenvalue weighted by Crippen LogP contribution is 2.30. The highest BCUT2D eigenvalue weighted by molar-refractivity contribution is 5.79. The predicted molar refractivity (Wildman–Crippen MR) is 93.2 cm³/mol. The number of primary amides is 1. The van der Waals surface area contributed by atoms with E-state index in [4.69, 9.17) is 5.73 Å². The first-order valence-corrected chi connectivity index (χ1v) is 8.05. The van der Waals surface area contributed by atoms with E-state index in [1.54, 1.807) is 23.6 Å². The number of hydrogen-bond acceptors (Lipinski definition) is 5. The van der Waals surface area contributed by atoms with E-state index in [1.165, 1.54) is 12.1 Å². The van der Waals surface area contributed by atoms with Crippen molar-refractivity contribution in [1.29, 1.82) is 0 Å². The number of halogens is 3. The van der Waals surface area contributed by atoms with Crippen LogP contribution in [-0.4, -0.2) is 26.5 Å². The van der Waals surface area contributed by atoms with Gasteiger partial charge in [0.25, 0.3) is 0 Å². The second-order valence-electron chi connectivity index (χ2n) is 5.93. The van der Waals surface area contributed by atoms with Crippen molar-refractivity contribution >= 4 is 23.2 Å². The minimum Gasteiger partial charge on any atom is -0.368 e. The SMILES string of the molecule is CC(NCc1cccc2nc(Nc3ccc(C(F)(F)F)cc3)nn12)C(N)=O. The van der Waals surface area contributed by atoms with Crippen molar-refractivity contribution in [3.05, 3.63) is 53.7 Å². The van der Waals surface area contributed by atoms with E-state index in [0.29, 0.717) is 17.9 Å². The smallest absolute Gasteiger partial charge is 0.368 e. The number of amides is 1. The molecule has 0 aliphatic rings. The van der Waals surface area contributed by atoms with Crippen molar-refractivity contribution < 1.29 is 18.0 Å². The molecule has 0 bridgehead atoms. The Bertz CT molecular complexity index is 951. The molecular formula is C17H17F3N6O. The van der Waals surface area contributed by atoms with Gasteiger partial charge in [0.2, 0.25) is 11.9 Å². The van der Waals surface area contributed by atoms with Crippen LogP contribution >= 0.6 is 0 Å². The Kier molecular flexibility index (Phi) is 5.00. The summed E-state index contributed by atoms with van der Waals surface area (Å²) in [5.74, 6) is -0.226. The molecule has 3 rings (SSSR count). The molecular weight excluding hydrogens is 361 g/mol. The van der Waals surface area contributed by atoms with Crippen LogP contribution in [0.1, 0.15) is 18.2 Å². The molecule has 142 valence electrons. The number of pyridine rings is 1. The summed E-state index contributed by atoms with van der Waals surface area (Å²) in [4.78, 5) is 15.4. The molecule has 1 unspecified atom stereocenters. The highest BCUT2D eigenvalue weighted by Gasteiger charge is 2.29. The van der Waals surface area contributed by atoms with E-state index in [1.807, 2.05) is 6.07 Å². The second-order valence-corrected chi connectivity index (χ2v) is 5.93. The van der Waals surface area contributed by atoms with Gasteiger partial charge in [0.05, 0.1) is 17.3 Å². The minimum absolute atomic E-state index is 0.241. The van der Waals surface area contributed by atoms with E-state index >= 15 is 0 Å². The van der Waals surface area contributed by atoms with Gasteiger partial charge in [0.15, 0.2) is 5.65 Å². The molecule has 1 amide bonds. The first kappa shape index (κ1) is 18.6. The van der Waals surface area contributed by atoms with Gasteiger partial charge in [-0.15, -0.1) is 5.10 Å². The number of nitrogens with zero attached hydrogens (tertiary/aromatic N) is 3. The van der Waals surface area contributed by atoms with Gasteiger partial charge < -0.3 is 16.4 Å². The summed E-state index contributed by atoms with van der Waals surface area (Å²) >= 11 is 0. The molecule has 0 saturated carbocycles. The average molecular weight is 378 g/mol. The molecule has 7 nitrogen and oxygen atoms in total. The summed E-state index contributed by atoms with van der Waals surface area (Å²) in [5, 5.41) is 10.2. The summed E-state index contributed by atoms with van der Waals surface area (Å²) in [6.45, 7) is 1.99. The lowest BCUT2D eigenvalue weighted by molar-refractivity contribution is -0.137. The number of nitrogens with two attached hydrogens (primary N) is 1. The number of rotatable bonds is 6. The van der Waals surface area contributed by atoms with E-state index in [9.17, 15) is 18.0 Å². The first-order chi connectivity index (χ1) is 12.7. The van der Waals surface area contributed by atoms with E-state index in [0.717, 1.165) is 17.8 Å². The Morgan fingerprint density at radius 1 is 1.22 bits per heavy atom. The third-order valence-electron chi connectivity index (χ3n) is 3.92. The quantitative estimate of drug-likeness (QED) is 0.612. The molecule has 0 aliphatic carbocycles. The van der Waals surface area contributed by atoms with Crippen molar-refractivity contribution in [1.82, 2.24) is 19.9 Å². The molecule has 4 N–H and O–H groups in total. The normalized spacial score (nSPS) is 12.9. The summed E-state index contributed by atoms with van der Waals surface area (Å²) in [5.41, 5.74) is 6.22. The summed E-state index contributed by atoms with van der Waals surface area (Å²) < 4.78 is 39.5. The molecule has 1 aromatic carbocycles. The van der Waals surface area contributed by atoms with Crippen LogP contribution in [0.25, 0.3) is 5.65 Å². The first-order valence-electron chi connectivity index (χ1n) is 8.05. The molecule has 1 atom stereocenters. The third kappa shape index (κ3) is 4.34. The molecule has 27 heavy (non-hydrogen) atoms. The van der Waals surface area contributed by atoms with Crippen LogP contribution in [0.5, 0.6) is 0 Å². The van der Waals surface area contributed by atoms with Crippen LogP contribution in [-0.2, 0) is 17.5 Å². The van der Waals surface area contributed by atoms with Gasteiger partial charge in [-0.25, -0.2) is 4.52 Å². The van der Waals surface area contributed by atoms with Gasteiger partial charge in [-0.3, -0.25) is 4.79 Å². The van der Waals surface area contributed by atoms with Crippen molar-refractivity contribution in [3.8, 4) is 0 Å². The number of carbonyl (C=O) groups excluding carboxylic acids is 1. The second kappa shape index (κ2) is 7.23. The summed E-state index contributed by atoms with van der Waals surface area (Å²) in [6.07, 6.45) is -4.39. The predicted octanol–water partition coefficient (Wildman–Crippen LogP) is 2.46. The third-order valence-corrected chi connectivity index (χ3v) is 3.92. The van der Waals surface area contributed by atoms with Crippen LogP contribution in [0, 0.1) is 0 Å². The Labute approximate surface area is 152 Å². The molecule has 2 aromatic heterocycles. The number of fused-ring (bicyclic) bond motifs is 1. The Balaban J connectivity index is 1.78. The zero-order chi connectivity index (χ0) is 19.6. The van der Waals surface area contributed by atoms with E-state index in [-0.39, 0.29) is 5.95 Å². The number of carbonyl (C=O) groups is 1. The number of aromatic nitrogens is 3. The van der Waals surface area contributed by atoms with Crippen LogP contribution in [0.2, 0.25) is 0 Å². The maximum Gasteiger partial charge on any atom is 0.416 e. The van der Waals surface area contributed by atoms with E-state index < -0.39 is 23.7 Å². The highest BCUT2D eigenvalue weighted by atomic mass is 19.4. The zero-order valence-corrected chi connectivity index (χ0v) is 14.3.